The molecule has 2 N–H and O–H groups in total. The van der Waals surface area contributed by atoms with Gasteiger partial charge in [0.05, 0.1) is 0 Å². The minimum absolute atomic E-state index is 0.0159. The van der Waals surface area contributed by atoms with Crippen LogP contribution in [0.4, 0.5) is 10.5 Å². The van der Waals surface area contributed by atoms with Crippen LogP contribution in [0.3, 0.4) is 0 Å². The molecule has 134 valence electrons. The molecule has 0 spiro atoms. The maximum Gasteiger partial charge on any atom is 0.322 e. The Morgan fingerprint density at radius 2 is 1.88 bits per heavy atom. The molecule has 5 nitrogen and oxygen atoms in total. The van der Waals surface area contributed by atoms with Crippen LogP contribution in [0.1, 0.15) is 25.0 Å². The first-order valence-corrected chi connectivity index (χ1v) is 8.69. The van der Waals surface area contributed by atoms with Gasteiger partial charge in [0.25, 0.3) is 0 Å². The summed E-state index contributed by atoms with van der Waals surface area (Å²) >= 11 is 0. The van der Waals surface area contributed by atoms with Gasteiger partial charge >= 0.3 is 6.03 Å². The molecule has 2 amide bonds. The molecule has 3 rings (SSSR count). The van der Waals surface area contributed by atoms with Crippen LogP contribution in [0.5, 0.6) is 0 Å². The standard InChI is InChI=1S/C21H23N3O2/c1-14(2)24(21(26)22-17-8-6-7-15(3)11-17)13-16-12-20(25)23-19-10-5-4-9-18(16)19/h4-12,14H,13H2,1-3H3,(H,22,26)(H,23,25). The summed E-state index contributed by atoms with van der Waals surface area (Å²) in [4.78, 5) is 29.4. The number of H-pyrrole nitrogens is 1. The van der Waals surface area contributed by atoms with E-state index in [1.165, 1.54) is 0 Å². The normalized spacial score (nSPS) is 10.9. The number of rotatable bonds is 4. The van der Waals surface area contributed by atoms with Gasteiger partial charge in [-0.3, -0.25) is 4.79 Å². The van der Waals surface area contributed by atoms with Crippen LogP contribution in [0.15, 0.2) is 59.4 Å². The van der Waals surface area contributed by atoms with Crippen LogP contribution in [-0.4, -0.2) is 22.0 Å². The van der Waals surface area contributed by atoms with Crippen LogP contribution in [0, 0.1) is 6.92 Å². The number of anilines is 1. The lowest BCUT2D eigenvalue weighted by molar-refractivity contribution is 0.194. The lowest BCUT2D eigenvalue weighted by atomic mass is 10.1. The van der Waals surface area contributed by atoms with E-state index in [2.05, 4.69) is 10.3 Å². The molecule has 0 bridgehead atoms. The van der Waals surface area contributed by atoms with Crippen LogP contribution in [0.25, 0.3) is 10.9 Å². The minimum Gasteiger partial charge on any atom is -0.322 e. The van der Waals surface area contributed by atoms with E-state index in [0.29, 0.717) is 6.54 Å². The first-order chi connectivity index (χ1) is 12.4. The summed E-state index contributed by atoms with van der Waals surface area (Å²) < 4.78 is 0. The third-order valence-electron chi connectivity index (χ3n) is 4.33. The van der Waals surface area contributed by atoms with E-state index in [0.717, 1.165) is 27.7 Å². The monoisotopic (exact) mass is 349 g/mol. The number of fused-ring (bicyclic) bond motifs is 1. The molecule has 0 saturated heterocycles. The zero-order chi connectivity index (χ0) is 18.7. The number of hydrogen-bond acceptors (Lipinski definition) is 2. The molecule has 5 heteroatoms. The zero-order valence-corrected chi connectivity index (χ0v) is 15.2. The van der Waals surface area contributed by atoms with E-state index in [9.17, 15) is 9.59 Å². The first kappa shape index (κ1) is 17.7. The van der Waals surface area contributed by atoms with Gasteiger partial charge in [-0.15, -0.1) is 0 Å². The number of benzene rings is 2. The number of aromatic amines is 1. The molecule has 2 aromatic carbocycles. The molecule has 0 fully saturated rings. The molecule has 0 aliphatic heterocycles. The molecule has 0 saturated carbocycles. The minimum atomic E-state index is -0.185. The van der Waals surface area contributed by atoms with Gasteiger partial charge in [-0.05, 0) is 50.1 Å². The van der Waals surface area contributed by atoms with Crippen LogP contribution in [-0.2, 0) is 6.54 Å². The number of para-hydroxylation sites is 1. The Bertz CT molecular complexity index is 992. The largest absolute Gasteiger partial charge is 0.322 e. The highest BCUT2D eigenvalue weighted by Crippen LogP contribution is 2.19. The van der Waals surface area contributed by atoms with E-state index in [-0.39, 0.29) is 17.6 Å². The number of pyridine rings is 1. The Hall–Kier alpha value is -3.08. The highest BCUT2D eigenvalue weighted by atomic mass is 16.2. The predicted molar refractivity (Wildman–Crippen MR) is 105 cm³/mol. The Morgan fingerprint density at radius 3 is 2.62 bits per heavy atom. The van der Waals surface area contributed by atoms with E-state index in [4.69, 9.17) is 0 Å². The predicted octanol–water partition coefficient (Wildman–Crippen LogP) is 4.28. The van der Waals surface area contributed by atoms with E-state index in [1.54, 1.807) is 11.0 Å². The number of aryl methyl sites for hydroxylation is 1. The first-order valence-electron chi connectivity index (χ1n) is 8.69. The van der Waals surface area contributed by atoms with Crippen molar-refractivity contribution in [2.24, 2.45) is 0 Å². The summed E-state index contributed by atoms with van der Waals surface area (Å²) in [6, 6.07) is 16.7. The Morgan fingerprint density at radius 1 is 1.12 bits per heavy atom. The molecule has 0 aliphatic carbocycles. The van der Waals surface area contributed by atoms with Crippen molar-refractivity contribution in [1.29, 1.82) is 0 Å². The summed E-state index contributed by atoms with van der Waals surface area (Å²) in [7, 11) is 0. The summed E-state index contributed by atoms with van der Waals surface area (Å²) in [5, 5.41) is 3.89. The number of carbonyl (C=O) groups is 1. The summed E-state index contributed by atoms with van der Waals surface area (Å²) in [5.41, 5.74) is 3.28. The van der Waals surface area contributed by atoms with Crippen molar-refractivity contribution < 1.29 is 4.79 Å². The van der Waals surface area contributed by atoms with Gasteiger partial charge in [0, 0.05) is 35.2 Å². The average molecular weight is 349 g/mol. The molecule has 3 aromatic rings. The molecule has 1 heterocycles. The average Bonchev–Trinajstić information content (AvgIpc) is 2.59. The lowest BCUT2D eigenvalue weighted by Gasteiger charge is -2.27. The number of urea groups is 1. The molecule has 26 heavy (non-hydrogen) atoms. The molecular formula is C21H23N3O2. The zero-order valence-electron chi connectivity index (χ0n) is 15.2. The van der Waals surface area contributed by atoms with Gasteiger partial charge in [0.15, 0.2) is 0 Å². The molecule has 0 unspecified atom stereocenters. The van der Waals surface area contributed by atoms with Gasteiger partial charge in [-0.1, -0.05) is 30.3 Å². The molecule has 1 aromatic heterocycles. The van der Waals surface area contributed by atoms with Crippen LogP contribution >= 0.6 is 0 Å². The summed E-state index contributed by atoms with van der Waals surface area (Å²) in [6.07, 6.45) is 0. The van der Waals surface area contributed by atoms with Crippen LogP contribution in [0.2, 0.25) is 0 Å². The third-order valence-corrected chi connectivity index (χ3v) is 4.33. The van der Waals surface area contributed by atoms with E-state index in [1.807, 2.05) is 69.3 Å². The quantitative estimate of drug-likeness (QED) is 0.738. The smallest absolute Gasteiger partial charge is 0.322 e. The second kappa shape index (κ2) is 7.44. The summed E-state index contributed by atoms with van der Waals surface area (Å²) in [6.45, 7) is 6.27. The maximum absolute atomic E-state index is 12.8. The van der Waals surface area contributed by atoms with Gasteiger partial charge in [0.1, 0.15) is 0 Å². The number of hydrogen-bond donors (Lipinski definition) is 2. The van der Waals surface area contributed by atoms with Crippen molar-refractivity contribution in [3.05, 3.63) is 76.1 Å². The fourth-order valence-corrected chi connectivity index (χ4v) is 3.00. The van der Waals surface area contributed by atoms with Crippen molar-refractivity contribution in [3.63, 3.8) is 0 Å². The van der Waals surface area contributed by atoms with E-state index < -0.39 is 0 Å². The van der Waals surface area contributed by atoms with Crippen LogP contribution < -0.4 is 10.9 Å². The van der Waals surface area contributed by atoms with Crippen molar-refractivity contribution in [2.75, 3.05) is 5.32 Å². The van der Waals surface area contributed by atoms with Gasteiger partial charge in [-0.2, -0.15) is 0 Å². The van der Waals surface area contributed by atoms with E-state index >= 15 is 0 Å². The fourth-order valence-electron chi connectivity index (χ4n) is 3.00. The number of nitrogens with zero attached hydrogens (tertiary/aromatic N) is 1. The van der Waals surface area contributed by atoms with Crippen molar-refractivity contribution in [1.82, 2.24) is 9.88 Å². The number of carbonyl (C=O) groups excluding carboxylic acids is 1. The van der Waals surface area contributed by atoms with Crippen molar-refractivity contribution in [2.45, 2.75) is 33.4 Å². The molecular weight excluding hydrogens is 326 g/mol. The van der Waals surface area contributed by atoms with Crippen molar-refractivity contribution >= 4 is 22.6 Å². The Kier molecular flexibility index (Phi) is 5.07. The van der Waals surface area contributed by atoms with Gasteiger partial charge < -0.3 is 15.2 Å². The molecule has 0 atom stereocenters. The Labute approximate surface area is 152 Å². The summed E-state index contributed by atoms with van der Waals surface area (Å²) in [5.74, 6) is 0. The number of amides is 2. The topological polar surface area (TPSA) is 65.2 Å². The molecule has 0 aliphatic rings. The second-order valence-electron chi connectivity index (χ2n) is 6.73. The fraction of sp³-hybridized carbons (Fsp3) is 0.238. The lowest BCUT2D eigenvalue weighted by Crippen LogP contribution is -2.39. The SMILES string of the molecule is Cc1cccc(NC(=O)N(Cc2cc(=O)[nH]c3ccccc23)C(C)C)c1. The van der Waals surface area contributed by atoms with Gasteiger partial charge in [-0.25, -0.2) is 4.79 Å². The Balaban J connectivity index is 1.90. The maximum atomic E-state index is 12.8. The third kappa shape index (κ3) is 3.94. The van der Waals surface area contributed by atoms with Gasteiger partial charge in [0.2, 0.25) is 5.56 Å². The number of aromatic nitrogens is 1. The highest BCUT2D eigenvalue weighted by molar-refractivity contribution is 5.90. The van der Waals surface area contributed by atoms with Crippen molar-refractivity contribution in [3.8, 4) is 0 Å². The molecule has 0 radical (unpaired) electrons. The highest BCUT2D eigenvalue weighted by Gasteiger charge is 2.19. The second-order valence-corrected chi connectivity index (χ2v) is 6.73. The number of nitrogens with one attached hydrogen (secondary N) is 2.